The van der Waals surface area contributed by atoms with Gasteiger partial charge in [0.05, 0.1) is 18.8 Å². The second-order valence-electron chi connectivity index (χ2n) is 6.37. The molecular formula is C20H19N5O2. The van der Waals surface area contributed by atoms with Gasteiger partial charge >= 0.3 is 5.69 Å². The number of benzene rings is 1. The summed E-state index contributed by atoms with van der Waals surface area (Å²) < 4.78 is 8.18. The van der Waals surface area contributed by atoms with Crippen LogP contribution in [0.1, 0.15) is 16.8 Å². The van der Waals surface area contributed by atoms with E-state index in [-0.39, 0.29) is 11.6 Å². The van der Waals surface area contributed by atoms with Gasteiger partial charge in [0.15, 0.2) is 0 Å². The first kappa shape index (κ1) is 17.0. The average molecular weight is 361 g/mol. The minimum absolute atomic E-state index is 0.248. The van der Waals surface area contributed by atoms with E-state index in [4.69, 9.17) is 4.74 Å². The van der Waals surface area contributed by atoms with Gasteiger partial charge in [-0.2, -0.15) is 5.10 Å². The van der Waals surface area contributed by atoms with Crippen molar-refractivity contribution in [1.29, 1.82) is 0 Å². The van der Waals surface area contributed by atoms with Crippen molar-refractivity contribution in [3.05, 3.63) is 70.2 Å². The molecule has 0 unspecified atom stereocenters. The largest absolute Gasteiger partial charge is 0.497 e. The van der Waals surface area contributed by atoms with Gasteiger partial charge in [0, 0.05) is 23.7 Å². The standard InChI is InChI=1S/C20H19N5O2/c1-12-10-15(27-4)6-7-16(12)18-13(2)17-11-23-25(19-21-8-5-9-22-19)20(26)24(17)14(18)3/h5-11H,1-4H3. The Labute approximate surface area is 155 Å². The molecule has 0 aliphatic carbocycles. The van der Waals surface area contributed by atoms with Gasteiger partial charge in [-0.1, -0.05) is 6.07 Å². The summed E-state index contributed by atoms with van der Waals surface area (Å²) in [6, 6.07) is 7.64. The number of fused-ring (bicyclic) bond motifs is 1. The van der Waals surface area contributed by atoms with Crippen LogP contribution in [0, 0.1) is 20.8 Å². The Morgan fingerprint density at radius 2 is 1.81 bits per heavy atom. The first-order valence-corrected chi connectivity index (χ1v) is 8.55. The van der Waals surface area contributed by atoms with Crippen LogP contribution >= 0.6 is 0 Å². The molecule has 0 saturated carbocycles. The molecule has 0 aliphatic rings. The summed E-state index contributed by atoms with van der Waals surface area (Å²) in [6.45, 7) is 5.98. The zero-order chi connectivity index (χ0) is 19.1. The van der Waals surface area contributed by atoms with Crippen LogP contribution in [0.25, 0.3) is 22.6 Å². The molecule has 0 saturated heterocycles. The Morgan fingerprint density at radius 1 is 1.07 bits per heavy atom. The molecule has 3 heterocycles. The maximum Gasteiger partial charge on any atom is 0.356 e. The number of nitrogens with zero attached hydrogens (tertiary/aromatic N) is 5. The molecule has 27 heavy (non-hydrogen) atoms. The van der Waals surface area contributed by atoms with Crippen molar-refractivity contribution in [1.82, 2.24) is 24.1 Å². The van der Waals surface area contributed by atoms with Gasteiger partial charge in [0.2, 0.25) is 0 Å². The van der Waals surface area contributed by atoms with Gasteiger partial charge in [-0.05, 0) is 55.7 Å². The van der Waals surface area contributed by atoms with E-state index >= 15 is 0 Å². The molecule has 7 heteroatoms. The Bertz CT molecular complexity index is 1210. The molecular weight excluding hydrogens is 342 g/mol. The molecule has 0 fully saturated rings. The van der Waals surface area contributed by atoms with E-state index in [1.165, 1.54) is 4.68 Å². The first-order valence-electron chi connectivity index (χ1n) is 8.55. The number of hydrogen-bond donors (Lipinski definition) is 0. The summed E-state index contributed by atoms with van der Waals surface area (Å²) in [7, 11) is 1.65. The van der Waals surface area contributed by atoms with Crippen molar-refractivity contribution in [3.8, 4) is 22.8 Å². The van der Waals surface area contributed by atoms with Gasteiger partial charge in [-0.15, -0.1) is 4.68 Å². The third-order valence-electron chi connectivity index (χ3n) is 4.81. The molecule has 0 bridgehead atoms. The first-order chi connectivity index (χ1) is 13.0. The number of aryl methyl sites for hydroxylation is 3. The highest BCUT2D eigenvalue weighted by atomic mass is 16.5. The van der Waals surface area contributed by atoms with Crippen LogP contribution in [0.15, 0.2) is 47.7 Å². The smallest absolute Gasteiger partial charge is 0.356 e. The fraction of sp³-hybridized carbons (Fsp3) is 0.200. The Hall–Kier alpha value is -3.48. The molecule has 1 aromatic carbocycles. The van der Waals surface area contributed by atoms with Gasteiger partial charge in [-0.3, -0.25) is 4.40 Å². The minimum Gasteiger partial charge on any atom is -0.497 e. The van der Waals surface area contributed by atoms with Crippen LogP contribution in [0.5, 0.6) is 5.75 Å². The monoisotopic (exact) mass is 361 g/mol. The third-order valence-corrected chi connectivity index (χ3v) is 4.81. The Kier molecular flexibility index (Phi) is 3.99. The van der Waals surface area contributed by atoms with E-state index in [1.807, 2.05) is 39.0 Å². The molecule has 4 rings (SSSR count). The molecule has 4 aromatic rings. The SMILES string of the molecule is COc1ccc(-c2c(C)c3cnn(-c4ncccn4)c(=O)n3c2C)c(C)c1. The van der Waals surface area contributed by atoms with Crippen LogP contribution in [0.2, 0.25) is 0 Å². The Morgan fingerprint density at radius 3 is 2.48 bits per heavy atom. The molecule has 0 atom stereocenters. The molecule has 0 N–H and O–H groups in total. The number of ether oxygens (including phenoxy) is 1. The Balaban J connectivity index is 2.00. The van der Waals surface area contributed by atoms with Crippen LogP contribution in [0.4, 0.5) is 0 Å². The van der Waals surface area contributed by atoms with E-state index in [0.29, 0.717) is 0 Å². The molecule has 0 spiro atoms. The summed E-state index contributed by atoms with van der Waals surface area (Å²) in [5, 5.41) is 4.27. The van der Waals surface area contributed by atoms with Gasteiger partial charge < -0.3 is 4.74 Å². The number of rotatable bonds is 3. The molecule has 136 valence electrons. The van der Waals surface area contributed by atoms with Crippen LogP contribution < -0.4 is 10.4 Å². The second kappa shape index (κ2) is 6.35. The topological polar surface area (TPSA) is 74.3 Å². The molecule has 3 aromatic heterocycles. The lowest BCUT2D eigenvalue weighted by atomic mass is 9.97. The van der Waals surface area contributed by atoms with E-state index in [2.05, 4.69) is 15.1 Å². The van der Waals surface area contributed by atoms with E-state index in [0.717, 1.165) is 39.2 Å². The summed E-state index contributed by atoms with van der Waals surface area (Å²) in [5.74, 6) is 1.05. The zero-order valence-corrected chi connectivity index (χ0v) is 15.6. The van der Waals surface area contributed by atoms with Gasteiger partial charge in [0.25, 0.3) is 5.95 Å². The fourth-order valence-electron chi connectivity index (χ4n) is 3.50. The van der Waals surface area contributed by atoms with Crippen LogP contribution in [-0.2, 0) is 0 Å². The highest BCUT2D eigenvalue weighted by Crippen LogP contribution is 2.34. The predicted octanol–water partition coefficient (Wildman–Crippen LogP) is 2.88. The second-order valence-corrected chi connectivity index (χ2v) is 6.37. The van der Waals surface area contributed by atoms with Gasteiger partial charge in [0.1, 0.15) is 5.75 Å². The number of methoxy groups -OCH3 is 1. The predicted molar refractivity (Wildman–Crippen MR) is 103 cm³/mol. The highest BCUT2D eigenvalue weighted by molar-refractivity contribution is 5.81. The van der Waals surface area contributed by atoms with Crippen molar-refractivity contribution in [3.63, 3.8) is 0 Å². The summed E-state index contributed by atoms with van der Waals surface area (Å²) in [4.78, 5) is 21.4. The lowest BCUT2D eigenvalue weighted by Crippen LogP contribution is -2.29. The van der Waals surface area contributed by atoms with Crippen molar-refractivity contribution < 1.29 is 4.74 Å². The zero-order valence-electron chi connectivity index (χ0n) is 15.6. The minimum atomic E-state index is -0.295. The highest BCUT2D eigenvalue weighted by Gasteiger charge is 2.19. The molecule has 0 amide bonds. The van der Waals surface area contributed by atoms with E-state index < -0.39 is 0 Å². The van der Waals surface area contributed by atoms with Crippen molar-refractivity contribution >= 4 is 5.52 Å². The van der Waals surface area contributed by atoms with E-state index in [9.17, 15) is 4.79 Å². The van der Waals surface area contributed by atoms with Gasteiger partial charge in [-0.25, -0.2) is 14.8 Å². The normalized spacial score (nSPS) is 11.1. The van der Waals surface area contributed by atoms with E-state index in [1.54, 1.807) is 36.2 Å². The summed E-state index contributed by atoms with van der Waals surface area (Å²) in [5.41, 5.74) is 5.51. The fourth-order valence-corrected chi connectivity index (χ4v) is 3.50. The summed E-state index contributed by atoms with van der Waals surface area (Å²) >= 11 is 0. The van der Waals surface area contributed by atoms with Crippen molar-refractivity contribution in [2.75, 3.05) is 7.11 Å². The van der Waals surface area contributed by atoms with Crippen LogP contribution in [-0.4, -0.2) is 31.3 Å². The lowest BCUT2D eigenvalue weighted by molar-refractivity contribution is 0.414. The molecule has 0 radical (unpaired) electrons. The molecule has 0 aliphatic heterocycles. The average Bonchev–Trinajstić information content (AvgIpc) is 2.94. The number of aromatic nitrogens is 5. The third kappa shape index (κ3) is 2.59. The molecule has 7 nitrogen and oxygen atoms in total. The van der Waals surface area contributed by atoms with Crippen molar-refractivity contribution in [2.24, 2.45) is 0 Å². The maximum atomic E-state index is 13.1. The summed E-state index contributed by atoms with van der Waals surface area (Å²) in [6.07, 6.45) is 4.85. The lowest BCUT2D eigenvalue weighted by Gasteiger charge is -2.09. The number of hydrogen-bond acceptors (Lipinski definition) is 5. The van der Waals surface area contributed by atoms with Crippen molar-refractivity contribution in [2.45, 2.75) is 20.8 Å². The van der Waals surface area contributed by atoms with Crippen LogP contribution in [0.3, 0.4) is 0 Å². The quantitative estimate of drug-likeness (QED) is 0.561. The maximum absolute atomic E-state index is 13.1.